The van der Waals surface area contributed by atoms with Crippen LogP contribution in [0, 0.1) is 6.92 Å². The van der Waals surface area contributed by atoms with E-state index in [0.29, 0.717) is 11.4 Å². The Balaban J connectivity index is 1.81. The average Bonchev–Trinajstić information content (AvgIpc) is 3.01. The molecule has 0 aliphatic heterocycles. The van der Waals surface area contributed by atoms with E-state index in [2.05, 4.69) is 21.2 Å². The topological polar surface area (TPSA) is 96.0 Å². The van der Waals surface area contributed by atoms with Crippen molar-refractivity contribution in [2.24, 2.45) is 0 Å². The molecule has 0 saturated heterocycles. The molecule has 0 radical (unpaired) electrons. The summed E-state index contributed by atoms with van der Waals surface area (Å²) in [6.45, 7) is 7.10. The van der Waals surface area contributed by atoms with Gasteiger partial charge in [0.05, 0.1) is 17.7 Å². The SMILES string of the molecule is COc1ccc(S(=O)(=O)N(CC(=O)N(Cc2cccc(Br)c2)[C@@H](Cc2ccccc2)C(=O)NC(C)(C)C)c2ccc(C)cc2)cc1. The Morgan fingerprint density at radius 2 is 1.50 bits per heavy atom. The van der Waals surface area contributed by atoms with E-state index in [1.165, 1.54) is 24.1 Å². The Hall–Kier alpha value is -4.15. The molecule has 2 amide bonds. The van der Waals surface area contributed by atoms with Gasteiger partial charge in [0.15, 0.2) is 0 Å². The Morgan fingerprint density at radius 3 is 2.09 bits per heavy atom. The Labute approximate surface area is 280 Å². The summed E-state index contributed by atoms with van der Waals surface area (Å²) in [5.41, 5.74) is 2.35. The summed E-state index contributed by atoms with van der Waals surface area (Å²) in [6.07, 6.45) is 0.234. The normalized spacial score (nSPS) is 12.2. The van der Waals surface area contributed by atoms with Crippen LogP contribution in [0.1, 0.15) is 37.5 Å². The van der Waals surface area contributed by atoms with Crippen molar-refractivity contribution in [1.29, 1.82) is 0 Å². The molecule has 0 aliphatic carbocycles. The summed E-state index contributed by atoms with van der Waals surface area (Å²) in [5, 5.41) is 3.04. The number of sulfonamides is 1. The second-order valence-corrected chi connectivity index (χ2v) is 14.9. The highest BCUT2D eigenvalue weighted by Gasteiger charge is 2.35. The Morgan fingerprint density at radius 1 is 0.870 bits per heavy atom. The third-order valence-corrected chi connectivity index (χ3v) is 9.54. The molecule has 8 nitrogen and oxygen atoms in total. The maximum atomic E-state index is 14.6. The summed E-state index contributed by atoms with van der Waals surface area (Å²) in [7, 11) is -2.71. The number of methoxy groups -OCH3 is 1. The number of anilines is 1. The number of amides is 2. The third kappa shape index (κ3) is 9.20. The van der Waals surface area contributed by atoms with Gasteiger partial charge in [0.2, 0.25) is 11.8 Å². The molecule has 0 saturated carbocycles. The molecule has 4 rings (SSSR count). The van der Waals surface area contributed by atoms with Crippen LogP contribution < -0.4 is 14.4 Å². The van der Waals surface area contributed by atoms with E-state index in [9.17, 15) is 18.0 Å². The zero-order valence-electron chi connectivity index (χ0n) is 26.7. The molecule has 1 atom stereocenters. The van der Waals surface area contributed by atoms with Gasteiger partial charge in [-0.15, -0.1) is 0 Å². The smallest absolute Gasteiger partial charge is 0.264 e. The number of nitrogens with one attached hydrogen (secondary N) is 1. The van der Waals surface area contributed by atoms with Gasteiger partial charge in [-0.25, -0.2) is 8.42 Å². The van der Waals surface area contributed by atoms with E-state index in [-0.39, 0.29) is 23.8 Å². The summed E-state index contributed by atoms with van der Waals surface area (Å²) in [6, 6.07) is 29.0. The molecule has 0 unspecified atom stereocenters. The second kappa shape index (κ2) is 15.0. The first-order chi connectivity index (χ1) is 21.8. The minimum atomic E-state index is -4.21. The molecule has 0 spiro atoms. The second-order valence-electron chi connectivity index (χ2n) is 12.1. The molecule has 0 bridgehead atoms. The van der Waals surface area contributed by atoms with Crippen LogP contribution in [0.3, 0.4) is 0 Å². The van der Waals surface area contributed by atoms with Crippen LogP contribution in [0.15, 0.2) is 112 Å². The summed E-state index contributed by atoms with van der Waals surface area (Å²) in [5.74, 6) is -0.354. The standard InChI is InChI=1S/C36H40BrN3O5S/c1-26-14-16-30(17-15-26)40(46(43,44)32-20-18-31(45-5)19-21-32)25-34(41)39(24-28-12-9-13-29(37)22-28)33(35(42)38-36(2,3)4)23-27-10-7-6-8-11-27/h6-22,33H,23-25H2,1-5H3,(H,38,42)/t33-/m0/s1. The number of nitrogens with zero attached hydrogens (tertiary/aromatic N) is 2. The number of ether oxygens (including phenoxy) is 1. The van der Waals surface area contributed by atoms with Crippen molar-refractivity contribution in [3.05, 3.63) is 124 Å². The van der Waals surface area contributed by atoms with Crippen molar-refractivity contribution < 1.29 is 22.7 Å². The van der Waals surface area contributed by atoms with Crippen LogP contribution in [0.5, 0.6) is 5.75 Å². The third-order valence-electron chi connectivity index (χ3n) is 7.26. The summed E-state index contributed by atoms with van der Waals surface area (Å²) in [4.78, 5) is 30.0. The maximum Gasteiger partial charge on any atom is 0.264 e. The largest absolute Gasteiger partial charge is 0.497 e. The summed E-state index contributed by atoms with van der Waals surface area (Å²) < 4.78 is 35.5. The molecule has 0 fully saturated rings. The van der Waals surface area contributed by atoms with Crippen molar-refractivity contribution in [2.45, 2.75) is 57.1 Å². The number of hydrogen-bond acceptors (Lipinski definition) is 5. The minimum Gasteiger partial charge on any atom is -0.497 e. The lowest BCUT2D eigenvalue weighted by atomic mass is 10.0. The van der Waals surface area contributed by atoms with Crippen LogP contribution in [-0.2, 0) is 32.6 Å². The van der Waals surface area contributed by atoms with Crippen molar-refractivity contribution in [1.82, 2.24) is 10.2 Å². The molecule has 4 aromatic rings. The highest BCUT2D eigenvalue weighted by atomic mass is 79.9. The molecule has 0 aliphatic rings. The van der Waals surface area contributed by atoms with Crippen molar-refractivity contribution in [3.63, 3.8) is 0 Å². The highest BCUT2D eigenvalue weighted by molar-refractivity contribution is 9.10. The lowest BCUT2D eigenvalue weighted by molar-refractivity contribution is -0.140. The van der Waals surface area contributed by atoms with Gasteiger partial charge in [0, 0.05) is 23.0 Å². The lowest BCUT2D eigenvalue weighted by Gasteiger charge is -2.35. The fraction of sp³-hybridized carbons (Fsp3) is 0.278. The zero-order valence-corrected chi connectivity index (χ0v) is 29.1. The van der Waals surface area contributed by atoms with E-state index in [4.69, 9.17) is 4.74 Å². The lowest BCUT2D eigenvalue weighted by Crippen LogP contribution is -2.56. The predicted molar refractivity (Wildman–Crippen MR) is 185 cm³/mol. The minimum absolute atomic E-state index is 0.00604. The van der Waals surface area contributed by atoms with Gasteiger partial charge in [-0.05, 0) is 87.4 Å². The zero-order chi connectivity index (χ0) is 33.5. The van der Waals surface area contributed by atoms with Crippen LogP contribution in [-0.4, -0.2) is 50.4 Å². The highest BCUT2D eigenvalue weighted by Crippen LogP contribution is 2.27. The number of halogens is 1. The van der Waals surface area contributed by atoms with E-state index >= 15 is 0 Å². The molecule has 4 aromatic carbocycles. The Kier molecular flexibility index (Phi) is 11.3. The summed E-state index contributed by atoms with van der Waals surface area (Å²) >= 11 is 3.51. The molecule has 0 heterocycles. The molecular formula is C36H40BrN3O5S. The van der Waals surface area contributed by atoms with Crippen LogP contribution >= 0.6 is 15.9 Å². The fourth-order valence-corrected chi connectivity index (χ4v) is 6.81. The van der Waals surface area contributed by atoms with Crippen molar-refractivity contribution in [2.75, 3.05) is 18.0 Å². The van der Waals surface area contributed by atoms with Gasteiger partial charge in [-0.2, -0.15) is 0 Å². The van der Waals surface area contributed by atoms with E-state index in [0.717, 1.165) is 25.5 Å². The molecule has 0 aromatic heterocycles. The average molecular weight is 707 g/mol. The van der Waals surface area contributed by atoms with Crippen LogP contribution in [0.25, 0.3) is 0 Å². The van der Waals surface area contributed by atoms with Gasteiger partial charge in [0.1, 0.15) is 18.3 Å². The maximum absolute atomic E-state index is 14.6. The molecular weight excluding hydrogens is 666 g/mol. The van der Waals surface area contributed by atoms with Gasteiger partial charge in [-0.3, -0.25) is 13.9 Å². The van der Waals surface area contributed by atoms with Gasteiger partial charge in [0.25, 0.3) is 10.0 Å². The number of carbonyl (C=O) groups excluding carboxylic acids is 2. The van der Waals surface area contributed by atoms with Gasteiger partial charge in [-0.1, -0.05) is 76.1 Å². The first kappa shape index (κ1) is 34.7. The predicted octanol–water partition coefficient (Wildman–Crippen LogP) is 6.52. The first-order valence-electron chi connectivity index (χ1n) is 14.9. The quantitative estimate of drug-likeness (QED) is 0.181. The van der Waals surface area contributed by atoms with Crippen LogP contribution in [0.2, 0.25) is 0 Å². The number of benzene rings is 4. The van der Waals surface area contributed by atoms with E-state index in [1.54, 1.807) is 36.4 Å². The molecule has 46 heavy (non-hydrogen) atoms. The molecule has 1 N–H and O–H groups in total. The number of carbonyl (C=O) groups is 2. The fourth-order valence-electron chi connectivity index (χ4n) is 4.95. The van der Waals surface area contributed by atoms with Crippen molar-refractivity contribution >= 4 is 43.5 Å². The molecule has 10 heteroatoms. The van der Waals surface area contributed by atoms with E-state index < -0.39 is 34.1 Å². The van der Waals surface area contributed by atoms with Crippen LogP contribution in [0.4, 0.5) is 5.69 Å². The number of rotatable bonds is 12. The first-order valence-corrected chi connectivity index (χ1v) is 17.1. The molecule has 242 valence electrons. The number of hydrogen-bond donors (Lipinski definition) is 1. The van der Waals surface area contributed by atoms with Gasteiger partial charge >= 0.3 is 0 Å². The number of aryl methyl sites for hydroxylation is 1. The van der Waals surface area contributed by atoms with Gasteiger partial charge < -0.3 is 15.0 Å². The van der Waals surface area contributed by atoms with E-state index in [1.807, 2.05) is 82.3 Å². The monoisotopic (exact) mass is 705 g/mol. The Bertz CT molecular complexity index is 1740. The van der Waals surface area contributed by atoms with Crippen molar-refractivity contribution in [3.8, 4) is 5.75 Å².